The zero-order chi connectivity index (χ0) is 38.0. The number of alkyl carbamates (subject to hydrolysis) is 1. The molecule has 1 aromatic heterocycles. The van der Waals surface area contributed by atoms with E-state index in [9.17, 15) is 29.1 Å². The molecule has 0 radical (unpaired) electrons. The number of imide groups is 1. The molecular weight excluding hydrogens is 683 g/mol. The number of rotatable bonds is 10. The highest BCUT2D eigenvalue weighted by Gasteiger charge is 2.46. The minimum atomic E-state index is -1.38. The van der Waals surface area contributed by atoms with Gasteiger partial charge in [-0.1, -0.05) is 30.7 Å². The summed E-state index contributed by atoms with van der Waals surface area (Å²) in [6.07, 6.45) is 6.92. The zero-order valence-corrected chi connectivity index (χ0v) is 31.8. The van der Waals surface area contributed by atoms with Crippen molar-refractivity contribution in [1.82, 2.24) is 15.2 Å². The molecule has 52 heavy (non-hydrogen) atoms. The van der Waals surface area contributed by atoms with Crippen molar-refractivity contribution in [3.05, 3.63) is 65.2 Å². The third-order valence-corrected chi connectivity index (χ3v) is 11.0. The Hall–Kier alpha value is -4.16. The molecule has 11 nitrogen and oxygen atoms in total. The number of nitrogens with one attached hydrogen (secondary N) is 1. The lowest BCUT2D eigenvalue weighted by Gasteiger charge is -2.37. The zero-order valence-electron chi connectivity index (χ0n) is 31.0. The molecule has 0 saturated heterocycles. The van der Waals surface area contributed by atoms with Crippen LogP contribution < -0.4 is 5.32 Å². The first-order valence-electron chi connectivity index (χ1n) is 18.2. The SMILES string of the molecule is C=CC[C@H]1C(=O)C(C)(C)[C@@H](OC(=O)NCCCCCN2C(=O)C=CC2=O)CC(=O)O[C@H](c2ccc3sc(C)nc3c2)C/C=C(/C)CCC[C@H](C)[C@@H]1O. The minimum absolute atomic E-state index is 0.183. The van der Waals surface area contributed by atoms with E-state index < -0.39 is 41.7 Å². The molecule has 2 N–H and O–H groups in total. The topological polar surface area (TPSA) is 152 Å². The Balaban J connectivity index is 1.54. The largest absolute Gasteiger partial charge is 0.457 e. The van der Waals surface area contributed by atoms with Gasteiger partial charge < -0.3 is 19.9 Å². The third kappa shape index (κ3) is 10.7. The standard InChI is InChI=1S/C40H53N3O8S/c1-7-12-29-37(47)26(3)14-11-13-25(2)15-17-31(28-16-18-32-30(23-28)42-27(4)52-32)50-36(46)24-33(40(5,6)38(29)48)51-39(49)41-21-9-8-10-22-43-34(44)19-20-35(43)45/h7,15-16,18-20,23,26,29,31,33,37,47H,1,8-14,17,21-22,24H2,2-6H3,(H,41,49)/b25-15-/t26-,29+,31-,33-,37-/m0/s1. The normalized spacial score (nSPS) is 25.8. The van der Waals surface area contributed by atoms with E-state index in [2.05, 4.69) is 23.0 Å². The molecule has 5 atom stereocenters. The van der Waals surface area contributed by atoms with Gasteiger partial charge >= 0.3 is 12.1 Å². The fourth-order valence-electron chi connectivity index (χ4n) is 6.80. The number of carbonyl (C=O) groups is 5. The number of cyclic esters (lactones) is 1. The van der Waals surface area contributed by atoms with Gasteiger partial charge in [0.1, 0.15) is 18.0 Å². The Labute approximate surface area is 310 Å². The van der Waals surface area contributed by atoms with Crippen LogP contribution in [0.2, 0.25) is 0 Å². The number of aromatic nitrogens is 1. The second-order valence-electron chi connectivity index (χ2n) is 14.5. The monoisotopic (exact) mass is 735 g/mol. The van der Waals surface area contributed by atoms with Gasteiger partial charge in [-0.2, -0.15) is 0 Å². The molecule has 4 rings (SSSR count). The van der Waals surface area contributed by atoms with Crippen molar-refractivity contribution in [1.29, 1.82) is 0 Å². The molecule has 282 valence electrons. The highest BCUT2D eigenvalue weighted by Crippen LogP contribution is 2.37. The summed E-state index contributed by atoms with van der Waals surface area (Å²) in [6, 6.07) is 5.86. The summed E-state index contributed by atoms with van der Waals surface area (Å²) in [5.74, 6) is -2.63. The molecule has 0 fully saturated rings. The molecule has 0 bridgehead atoms. The second-order valence-corrected chi connectivity index (χ2v) is 15.8. The summed E-state index contributed by atoms with van der Waals surface area (Å²) in [5, 5.41) is 15.1. The number of aryl methyl sites for hydroxylation is 1. The number of fused-ring (bicyclic) bond motifs is 1. The average Bonchev–Trinajstić information content (AvgIpc) is 3.64. The Morgan fingerprint density at radius 2 is 1.88 bits per heavy atom. The number of aliphatic hydroxyl groups is 1. The highest BCUT2D eigenvalue weighted by molar-refractivity contribution is 7.18. The van der Waals surface area contributed by atoms with Gasteiger partial charge in [0.15, 0.2) is 0 Å². The van der Waals surface area contributed by atoms with Gasteiger partial charge in [0, 0.05) is 37.6 Å². The fraction of sp³-hybridized carbons (Fsp3) is 0.550. The van der Waals surface area contributed by atoms with Crippen LogP contribution in [0.1, 0.15) is 102 Å². The first-order valence-corrected chi connectivity index (χ1v) is 19.1. The first-order chi connectivity index (χ1) is 24.7. The summed E-state index contributed by atoms with van der Waals surface area (Å²) >= 11 is 1.59. The van der Waals surface area contributed by atoms with Gasteiger partial charge in [-0.3, -0.25) is 24.1 Å². The lowest BCUT2D eigenvalue weighted by atomic mass is 9.71. The number of amides is 3. The Kier molecular flexibility index (Phi) is 14.5. The van der Waals surface area contributed by atoms with Crippen molar-refractivity contribution in [2.24, 2.45) is 17.3 Å². The number of ether oxygens (including phenoxy) is 2. The van der Waals surface area contributed by atoms with Gasteiger partial charge in [0.2, 0.25) is 0 Å². The molecule has 0 saturated carbocycles. The van der Waals surface area contributed by atoms with Crippen molar-refractivity contribution < 1.29 is 38.6 Å². The van der Waals surface area contributed by atoms with E-state index in [1.807, 2.05) is 39.0 Å². The van der Waals surface area contributed by atoms with Gasteiger partial charge in [0.05, 0.1) is 33.2 Å². The maximum Gasteiger partial charge on any atom is 0.407 e. The molecule has 0 unspecified atom stereocenters. The Bertz CT molecular complexity index is 1680. The number of hydrogen-bond donors (Lipinski definition) is 2. The van der Waals surface area contributed by atoms with E-state index in [4.69, 9.17) is 9.47 Å². The molecule has 2 aliphatic rings. The molecule has 2 aromatic rings. The van der Waals surface area contributed by atoms with E-state index in [0.717, 1.165) is 39.2 Å². The number of hydrogen-bond acceptors (Lipinski definition) is 10. The van der Waals surface area contributed by atoms with Gasteiger partial charge in [-0.15, -0.1) is 17.9 Å². The van der Waals surface area contributed by atoms with Crippen molar-refractivity contribution >= 4 is 51.2 Å². The number of Topliss-reactive ketones (excluding diaryl/α,β-unsaturated/α-hetero) is 1. The molecule has 0 aliphatic carbocycles. The number of unbranched alkanes of at least 4 members (excludes halogenated alkanes) is 2. The molecule has 3 amide bonds. The van der Waals surface area contributed by atoms with Crippen LogP contribution in [0.3, 0.4) is 0 Å². The van der Waals surface area contributed by atoms with E-state index in [-0.39, 0.29) is 42.9 Å². The van der Waals surface area contributed by atoms with Gasteiger partial charge in [0.25, 0.3) is 11.8 Å². The summed E-state index contributed by atoms with van der Waals surface area (Å²) < 4.78 is 13.0. The predicted octanol–water partition coefficient (Wildman–Crippen LogP) is 7.07. The number of allylic oxidation sites excluding steroid dienone is 2. The van der Waals surface area contributed by atoms with Crippen molar-refractivity contribution in [2.75, 3.05) is 13.1 Å². The number of nitrogens with zero attached hydrogens (tertiary/aromatic N) is 2. The summed E-state index contributed by atoms with van der Waals surface area (Å²) in [7, 11) is 0. The van der Waals surface area contributed by atoms with E-state index in [1.54, 1.807) is 31.3 Å². The number of aliphatic hydroxyl groups excluding tert-OH is 1. The fourth-order valence-corrected chi connectivity index (χ4v) is 7.60. The molecule has 0 spiro atoms. The number of ketones is 1. The van der Waals surface area contributed by atoms with Crippen LogP contribution in [0.15, 0.2) is 54.7 Å². The maximum absolute atomic E-state index is 14.3. The van der Waals surface area contributed by atoms with E-state index >= 15 is 0 Å². The van der Waals surface area contributed by atoms with Crippen LogP contribution in [0.5, 0.6) is 0 Å². The lowest BCUT2D eigenvalue weighted by Crippen LogP contribution is -2.49. The van der Waals surface area contributed by atoms with Crippen molar-refractivity contribution in [3.63, 3.8) is 0 Å². The summed E-state index contributed by atoms with van der Waals surface area (Å²) in [6.45, 7) is 13.5. The number of benzene rings is 1. The number of carbonyl (C=O) groups excluding carboxylic acids is 5. The van der Waals surface area contributed by atoms with Crippen LogP contribution in [-0.2, 0) is 28.7 Å². The predicted molar refractivity (Wildman–Crippen MR) is 200 cm³/mol. The highest BCUT2D eigenvalue weighted by atomic mass is 32.1. The number of thiazole rings is 1. The van der Waals surface area contributed by atoms with Crippen LogP contribution in [0.4, 0.5) is 4.79 Å². The Morgan fingerprint density at radius 3 is 2.60 bits per heavy atom. The lowest BCUT2D eigenvalue weighted by molar-refractivity contribution is -0.156. The molecule has 2 aliphatic heterocycles. The number of esters is 1. The van der Waals surface area contributed by atoms with Crippen LogP contribution in [0, 0.1) is 24.2 Å². The molecule has 1 aromatic carbocycles. The van der Waals surface area contributed by atoms with E-state index in [0.29, 0.717) is 38.6 Å². The smallest absolute Gasteiger partial charge is 0.407 e. The maximum atomic E-state index is 14.3. The van der Waals surface area contributed by atoms with Gasteiger partial charge in [-0.25, -0.2) is 9.78 Å². The average molecular weight is 736 g/mol. The molecular formula is C40H53N3O8S. The quantitative estimate of drug-likeness (QED) is 0.113. The van der Waals surface area contributed by atoms with Crippen LogP contribution in [-0.4, -0.2) is 69.9 Å². The van der Waals surface area contributed by atoms with Crippen molar-refractivity contribution in [2.45, 2.75) is 111 Å². The minimum Gasteiger partial charge on any atom is -0.457 e. The van der Waals surface area contributed by atoms with E-state index in [1.165, 1.54) is 17.1 Å². The first kappa shape index (κ1) is 40.6. The molecule has 12 heteroatoms. The summed E-state index contributed by atoms with van der Waals surface area (Å²) in [5.41, 5.74) is 1.37. The Morgan fingerprint density at radius 1 is 1.15 bits per heavy atom. The van der Waals surface area contributed by atoms with Crippen LogP contribution in [0.25, 0.3) is 10.2 Å². The summed E-state index contributed by atoms with van der Waals surface area (Å²) in [4.78, 5) is 70.6. The van der Waals surface area contributed by atoms with Gasteiger partial charge in [-0.05, 0) is 96.3 Å². The van der Waals surface area contributed by atoms with Crippen LogP contribution >= 0.6 is 11.3 Å². The second kappa shape index (κ2) is 18.6. The third-order valence-electron chi connectivity index (χ3n) is 10.1. The van der Waals surface area contributed by atoms with Crippen molar-refractivity contribution in [3.8, 4) is 0 Å². The molecule has 3 heterocycles.